The Labute approximate surface area is 184 Å². The number of nitrogens with zero attached hydrogens (tertiary/aromatic N) is 4. The number of carbonyl (C=O) groups excluding carboxylic acids is 1. The van der Waals surface area contributed by atoms with Gasteiger partial charge in [0.05, 0.1) is 12.2 Å². The Morgan fingerprint density at radius 1 is 1.13 bits per heavy atom. The zero-order chi connectivity index (χ0) is 22.0. The lowest BCUT2D eigenvalue weighted by Gasteiger charge is -2.06. The lowest BCUT2D eigenvalue weighted by molar-refractivity contribution is 0.102. The summed E-state index contributed by atoms with van der Waals surface area (Å²) >= 11 is 1.62. The van der Waals surface area contributed by atoms with E-state index < -0.39 is 0 Å². The zero-order valence-electron chi connectivity index (χ0n) is 17.8. The van der Waals surface area contributed by atoms with Crippen LogP contribution >= 0.6 is 11.8 Å². The first-order valence-electron chi connectivity index (χ1n) is 9.84. The van der Waals surface area contributed by atoms with Gasteiger partial charge in [-0.25, -0.2) is 9.67 Å². The van der Waals surface area contributed by atoms with E-state index in [1.54, 1.807) is 16.4 Å². The lowest BCUT2D eigenvalue weighted by atomic mass is 10.1. The first-order chi connectivity index (χ1) is 15.0. The molecule has 0 fully saturated rings. The van der Waals surface area contributed by atoms with Gasteiger partial charge in [0.1, 0.15) is 11.5 Å². The molecule has 8 heteroatoms. The fourth-order valence-electron chi connectivity index (χ4n) is 3.26. The van der Waals surface area contributed by atoms with Gasteiger partial charge in [-0.2, -0.15) is 0 Å². The standard InChI is InChI=1S/C23H23N5O2S/c1-14-8-5-6-11-19(14)23-25-20(16(3)30-23)13-28-15(2)21(26-27-28)22(29)24-17-9-7-10-18(12-17)31-4/h5-12H,13H2,1-4H3,(H,24,29). The highest BCUT2D eigenvalue weighted by atomic mass is 32.2. The van der Waals surface area contributed by atoms with Crippen molar-refractivity contribution in [2.45, 2.75) is 32.2 Å². The highest BCUT2D eigenvalue weighted by molar-refractivity contribution is 7.98. The average molecular weight is 434 g/mol. The molecule has 0 saturated heterocycles. The summed E-state index contributed by atoms with van der Waals surface area (Å²) in [5.41, 5.74) is 4.48. The second-order valence-electron chi connectivity index (χ2n) is 7.20. The van der Waals surface area contributed by atoms with Crippen LogP contribution < -0.4 is 5.32 Å². The van der Waals surface area contributed by atoms with E-state index in [1.165, 1.54) is 0 Å². The summed E-state index contributed by atoms with van der Waals surface area (Å²) in [6, 6.07) is 15.6. The predicted molar refractivity (Wildman–Crippen MR) is 121 cm³/mol. The van der Waals surface area contributed by atoms with Crippen LogP contribution in [0.2, 0.25) is 0 Å². The van der Waals surface area contributed by atoms with E-state index in [4.69, 9.17) is 4.42 Å². The molecule has 0 spiro atoms. The summed E-state index contributed by atoms with van der Waals surface area (Å²) < 4.78 is 7.56. The number of hydrogen-bond acceptors (Lipinski definition) is 6. The fraction of sp³-hybridized carbons (Fsp3) is 0.217. The molecule has 31 heavy (non-hydrogen) atoms. The Kier molecular flexibility index (Phi) is 5.90. The second-order valence-corrected chi connectivity index (χ2v) is 8.08. The molecule has 0 saturated carbocycles. The van der Waals surface area contributed by atoms with Gasteiger partial charge in [-0.15, -0.1) is 16.9 Å². The van der Waals surface area contributed by atoms with Gasteiger partial charge in [0, 0.05) is 16.1 Å². The average Bonchev–Trinajstić information content (AvgIpc) is 3.31. The smallest absolute Gasteiger partial charge is 0.278 e. The van der Waals surface area contributed by atoms with Crippen molar-refractivity contribution in [2.75, 3.05) is 11.6 Å². The molecule has 7 nitrogen and oxygen atoms in total. The largest absolute Gasteiger partial charge is 0.441 e. The van der Waals surface area contributed by atoms with Crippen LogP contribution in [0.4, 0.5) is 5.69 Å². The lowest BCUT2D eigenvalue weighted by Crippen LogP contribution is -2.14. The third-order valence-corrected chi connectivity index (χ3v) is 5.82. The van der Waals surface area contributed by atoms with E-state index in [0.29, 0.717) is 23.9 Å². The first-order valence-corrected chi connectivity index (χ1v) is 11.1. The van der Waals surface area contributed by atoms with Crippen molar-refractivity contribution in [1.29, 1.82) is 0 Å². The minimum absolute atomic E-state index is 0.287. The predicted octanol–water partition coefficient (Wildman–Crippen LogP) is 4.88. The van der Waals surface area contributed by atoms with E-state index >= 15 is 0 Å². The van der Waals surface area contributed by atoms with Gasteiger partial charge in [-0.1, -0.05) is 29.5 Å². The number of benzene rings is 2. The molecule has 0 aliphatic heterocycles. The topological polar surface area (TPSA) is 85.8 Å². The Balaban J connectivity index is 1.54. The minimum Gasteiger partial charge on any atom is -0.441 e. The van der Waals surface area contributed by atoms with Gasteiger partial charge in [0.2, 0.25) is 5.89 Å². The van der Waals surface area contributed by atoms with Crippen molar-refractivity contribution in [3.05, 3.63) is 76.9 Å². The molecule has 0 bridgehead atoms. The van der Waals surface area contributed by atoms with Crippen LogP contribution in [-0.4, -0.2) is 32.1 Å². The summed E-state index contributed by atoms with van der Waals surface area (Å²) in [6.45, 7) is 6.10. The number of amides is 1. The van der Waals surface area contributed by atoms with E-state index in [9.17, 15) is 4.79 Å². The normalized spacial score (nSPS) is 11.0. The van der Waals surface area contributed by atoms with E-state index in [0.717, 1.165) is 27.4 Å². The van der Waals surface area contributed by atoms with Crippen LogP contribution in [0.1, 0.15) is 33.2 Å². The maximum atomic E-state index is 12.7. The van der Waals surface area contributed by atoms with E-state index in [-0.39, 0.29) is 11.6 Å². The van der Waals surface area contributed by atoms with Crippen LogP contribution in [-0.2, 0) is 6.54 Å². The molecular formula is C23H23N5O2S. The molecule has 0 aliphatic rings. The van der Waals surface area contributed by atoms with Crippen LogP contribution in [0, 0.1) is 20.8 Å². The van der Waals surface area contributed by atoms with Gasteiger partial charge < -0.3 is 9.73 Å². The van der Waals surface area contributed by atoms with Crippen molar-refractivity contribution in [3.63, 3.8) is 0 Å². The summed E-state index contributed by atoms with van der Waals surface area (Å²) in [4.78, 5) is 18.5. The van der Waals surface area contributed by atoms with E-state index in [2.05, 4.69) is 20.6 Å². The maximum Gasteiger partial charge on any atom is 0.278 e. The molecule has 0 atom stereocenters. The second kappa shape index (κ2) is 8.77. The Bertz CT molecular complexity index is 1240. The molecule has 0 unspecified atom stereocenters. The molecule has 2 aromatic heterocycles. The van der Waals surface area contributed by atoms with Crippen LogP contribution in [0.15, 0.2) is 57.8 Å². The number of carbonyl (C=O) groups is 1. The Morgan fingerprint density at radius 2 is 1.94 bits per heavy atom. The van der Waals surface area contributed by atoms with Gasteiger partial charge in [0.25, 0.3) is 5.91 Å². The highest BCUT2D eigenvalue weighted by Crippen LogP contribution is 2.25. The van der Waals surface area contributed by atoms with Crippen LogP contribution in [0.3, 0.4) is 0 Å². The van der Waals surface area contributed by atoms with Gasteiger partial charge in [0.15, 0.2) is 5.69 Å². The molecule has 2 heterocycles. The summed E-state index contributed by atoms with van der Waals surface area (Å²) in [7, 11) is 0. The molecule has 4 rings (SSSR count). The quantitative estimate of drug-likeness (QED) is 0.436. The van der Waals surface area contributed by atoms with Crippen molar-refractivity contribution in [2.24, 2.45) is 0 Å². The van der Waals surface area contributed by atoms with E-state index in [1.807, 2.05) is 75.6 Å². The Morgan fingerprint density at radius 3 is 2.71 bits per heavy atom. The van der Waals surface area contributed by atoms with Crippen molar-refractivity contribution < 1.29 is 9.21 Å². The number of thioether (sulfide) groups is 1. The molecule has 0 radical (unpaired) electrons. The molecule has 1 amide bonds. The molecule has 2 aromatic carbocycles. The summed E-state index contributed by atoms with van der Waals surface area (Å²) in [6.07, 6.45) is 1.99. The molecular weight excluding hydrogens is 410 g/mol. The maximum absolute atomic E-state index is 12.7. The zero-order valence-corrected chi connectivity index (χ0v) is 18.7. The monoisotopic (exact) mass is 433 g/mol. The van der Waals surface area contributed by atoms with Crippen LogP contribution in [0.25, 0.3) is 11.5 Å². The number of nitrogens with one attached hydrogen (secondary N) is 1. The SMILES string of the molecule is CSc1cccc(NC(=O)c2nnn(Cc3nc(-c4ccccc4C)oc3C)c2C)c1. The van der Waals surface area contributed by atoms with Crippen molar-refractivity contribution in [1.82, 2.24) is 20.0 Å². The number of oxazole rings is 1. The summed E-state index contributed by atoms with van der Waals surface area (Å²) in [5.74, 6) is 1.00. The number of anilines is 1. The van der Waals surface area contributed by atoms with Gasteiger partial charge >= 0.3 is 0 Å². The minimum atomic E-state index is -0.292. The number of aromatic nitrogens is 4. The molecule has 0 aliphatic carbocycles. The molecule has 4 aromatic rings. The molecule has 158 valence electrons. The van der Waals surface area contributed by atoms with Gasteiger partial charge in [-0.3, -0.25) is 4.79 Å². The third kappa shape index (κ3) is 4.39. The first kappa shape index (κ1) is 20.9. The van der Waals surface area contributed by atoms with Crippen molar-refractivity contribution >= 4 is 23.4 Å². The van der Waals surface area contributed by atoms with Crippen LogP contribution in [0.5, 0.6) is 0 Å². The van der Waals surface area contributed by atoms with Crippen molar-refractivity contribution in [3.8, 4) is 11.5 Å². The fourth-order valence-corrected chi connectivity index (χ4v) is 3.72. The molecule has 1 N–H and O–H groups in total. The number of hydrogen-bond donors (Lipinski definition) is 1. The van der Waals surface area contributed by atoms with Gasteiger partial charge in [-0.05, 0) is 56.9 Å². The summed E-state index contributed by atoms with van der Waals surface area (Å²) in [5, 5.41) is 11.2. The number of aryl methyl sites for hydroxylation is 2. The highest BCUT2D eigenvalue weighted by Gasteiger charge is 2.19. The Hall–Kier alpha value is -3.39. The number of rotatable bonds is 6. The third-order valence-electron chi connectivity index (χ3n) is 5.09.